The largest absolute Gasteiger partial charge is 0.383 e. The molecule has 176 valence electrons. The van der Waals surface area contributed by atoms with Gasteiger partial charge < -0.3 is 21.3 Å². The monoisotopic (exact) mass is 450 g/mol. The van der Waals surface area contributed by atoms with E-state index in [1.807, 2.05) is 30.3 Å². The Labute approximate surface area is 194 Å². The summed E-state index contributed by atoms with van der Waals surface area (Å²) < 4.78 is 7.15. The van der Waals surface area contributed by atoms with Crippen LogP contribution in [0, 0.1) is 11.3 Å². The average Bonchev–Trinajstić information content (AvgIpc) is 3.41. The number of primary amides is 1. The Kier molecular flexibility index (Phi) is 6.19. The summed E-state index contributed by atoms with van der Waals surface area (Å²) in [5, 5.41) is 12.1. The second-order valence-corrected chi connectivity index (χ2v) is 10.3. The summed E-state index contributed by atoms with van der Waals surface area (Å²) in [6, 6.07) is 10.1. The quantitative estimate of drug-likeness (QED) is 0.443. The second kappa shape index (κ2) is 8.92. The van der Waals surface area contributed by atoms with Gasteiger partial charge in [0.15, 0.2) is 0 Å². The SMILES string of the molecule is CC(C1CC1)n1nc(-c2ccc(CCNc3cc(CC(C)(C)C)no3)cc2)c(C(N)=O)c1N. The number of amides is 1. The van der Waals surface area contributed by atoms with E-state index in [0.717, 1.165) is 49.0 Å². The molecule has 2 aromatic heterocycles. The summed E-state index contributed by atoms with van der Waals surface area (Å²) in [7, 11) is 0. The molecule has 1 amide bonds. The van der Waals surface area contributed by atoms with Crippen LogP contribution in [-0.4, -0.2) is 27.4 Å². The number of nitrogens with two attached hydrogens (primary N) is 2. The molecule has 1 unspecified atom stereocenters. The average molecular weight is 451 g/mol. The molecule has 4 rings (SSSR count). The summed E-state index contributed by atoms with van der Waals surface area (Å²) in [4.78, 5) is 12.1. The van der Waals surface area contributed by atoms with Crippen LogP contribution in [0.4, 0.5) is 11.7 Å². The number of benzene rings is 1. The number of nitrogen functional groups attached to an aromatic ring is 1. The highest BCUT2D eigenvalue weighted by Gasteiger charge is 2.33. The molecule has 33 heavy (non-hydrogen) atoms. The van der Waals surface area contributed by atoms with Crippen molar-refractivity contribution in [2.75, 3.05) is 17.6 Å². The van der Waals surface area contributed by atoms with Gasteiger partial charge in [-0.05, 0) is 49.5 Å². The third kappa shape index (κ3) is 5.38. The van der Waals surface area contributed by atoms with E-state index < -0.39 is 5.91 Å². The highest BCUT2D eigenvalue weighted by atomic mass is 16.5. The maximum atomic E-state index is 12.1. The minimum absolute atomic E-state index is 0.155. The molecule has 5 N–H and O–H groups in total. The van der Waals surface area contributed by atoms with Crippen molar-refractivity contribution in [2.24, 2.45) is 17.1 Å². The van der Waals surface area contributed by atoms with Gasteiger partial charge in [-0.15, -0.1) is 0 Å². The Morgan fingerprint density at radius 3 is 2.58 bits per heavy atom. The lowest BCUT2D eigenvalue weighted by atomic mass is 9.91. The van der Waals surface area contributed by atoms with E-state index in [1.54, 1.807) is 4.68 Å². The van der Waals surface area contributed by atoms with Crippen molar-refractivity contribution >= 4 is 17.6 Å². The fourth-order valence-electron chi connectivity index (χ4n) is 4.16. The molecule has 1 aromatic carbocycles. The van der Waals surface area contributed by atoms with Crippen molar-refractivity contribution in [3.63, 3.8) is 0 Å². The Morgan fingerprint density at radius 1 is 1.27 bits per heavy atom. The Bertz CT molecular complexity index is 1120. The van der Waals surface area contributed by atoms with Gasteiger partial charge in [-0.1, -0.05) is 50.2 Å². The molecule has 8 nitrogen and oxygen atoms in total. The molecule has 0 aliphatic heterocycles. The molecule has 1 saturated carbocycles. The predicted octanol–water partition coefficient (Wildman–Crippen LogP) is 4.43. The number of carbonyl (C=O) groups is 1. The highest BCUT2D eigenvalue weighted by molar-refractivity contribution is 6.03. The van der Waals surface area contributed by atoms with Crippen molar-refractivity contribution in [1.82, 2.24) is 14.9 Å². The number of aromatic nitrogens is 3. The second-order valence-electron chi connectivity index (χ2n) is 10.3. The van der Waals surface area contributed by atoms with Crippen LogP contribution in [0.5, 0.6) is 0 Å². The zero-order chi connectivity index (χ0) is 23.8. The molecule has 0 bridgehead atoms. The maximum Gasteiger partial charge on any atom is 0.254 e. The van der Waals surface area contributed by atoms with Crippen LogP contribution in [0.2, 0.25) is 0 Å². The number of nitrogens with zero attached hydrogens (tertiary/aromatic N) is 3. The molecule has 3 aromatic rings. The van der Waals surface area contributed by atoms with Crippen LogP contribution < -0.4 is 16.8 Å². The lowest BCUT2D eigenvalue weighted by Crippen LogP contribution is -2.16. The fraction of sp³-hybridized carbons (Fsp3) is 0.480. The first-order valence-electron chi connectivity index (χ1n) is 11.6. The Balaban J connectivity index is 1.41. The number of carbonyl (C=O) groups excluding carboxylic acids is 1. The van der Waals surface area contributed by atoms with Crippen LogP contribution in [0.25, 0.3) is 11.3 Å². The molecule has 1 aliphatic rings. The standard InChI is InChI=1S/C25H34N6O2/c1-15(17-9-10-17)31-23(26)21(24(27)32)22(29-31)18-7-5-16(6-8-18)11-12-28-20-13-19(30-33-20)14-25(2,3)4/h5-8,13,15,17,28H,9-12,14,26H2,1-4H3,(H2,27,32). The zero-order valence-corrected chi connectivity index (χ0v) is 19.9. The lowest BCUT2D eigenvalue weighted by Gasteiger charge is -2.14. The number of hydrogen-bond acceptors (Lipinski definition) is 6. The van der Waals surface area contributed by atoms with Crippen LogP contribution in [0.1, 0.15) is 68.2 Å². The number of hydrogen-bond donors (Lipinski definition) is 3. The molecule has 2 heterocycles. The molecular formula is C25H34N6O2. The molecule has 1 atom stereocenters. The maximum absolute atomic E-state index is 12.1. The normalized spacial score (nSPS) is 14.9. The molecule has 0 radical (unpaired) electrons. The molecule has 1 fully saturated rings. The van der Waals surface area contributed by atoms with Gasteiger partial charge in [0, 0.05) is 18.2 Å². The molecule has 8 heteroatoms. The van der Waals surface area contributed by atoms with E-state index >= 15 is 0 Å². The van der Waals surface area contributed by atoms with E-state index in [1.165, 1.54) is 0 Å². The van der Waals surface area contributed by atoms with Gasteiger partial charge in [0.05, 0.1) is 11.7 Å². The van der Waals surface area contributed by atoms with Gasteiger partial charge >= 0.3 is 0 Å². The van der Waals surface area contributed by atoms with E-state index in [9.17, 15) is 4.79 Å². The van der Waals surface area contributed by atoms with Crippen LogP contribution in [0.3, 0.4) is 0 Å². The topological polar surface area (TPSA) is 125 Å². The predicted molar refractivity (Wildman–Crippen MR) is 130 cm³/mol. The summed E-state index contributed by atoms with van der Waals surface area (Å²) in [5.41, 5.74) is 15.9. The zero-order valence-electron chi connectivity index (χ0n) is 19.9. The van der Waals surface area contributed by atoms with Crippen LogP contribution >= 0.6 is 0 Å². The van der Waals surface area contributed by atoms with Crippen molar-refractivity contribution < 1.29 is 9.32 Å². The minimum atomic E-state index is -0.553. The Morgan fingerprint density at radius 2 is 1.97 bits per heavy atom. The molecule has 0 spiro atoms. The van der Waals surface area contributed by atoms with Gasteiger partial charge in [-0.3, -0.25) is 4.79 Å². The van der Waals surface area contributed by atoms with Gasteiger partial charge in [-0.25, -0.2) is 4.68 Å². The van der Waals surface area contributed by atoms with E-state index in [4.69, 9.17) is 16.0 Å². The number of anilines is 2. The first-order valence-corrected chi connectivity index (χ1v) is 11.6. The number of rotatable bonds is 9. The van der Waals surface area contributed by atoms with Gasteiger partial charge in [-0.2, -0.15) is 5.10 Å². The van der Waals surface area contributed by atoms with Crippen molar-refractivity contribution in [1.29, 1.82) is 0 Å². The van der Waals surface area contributed by atoms with Crippen LogP contribution in [-0.2, 0) is 12.8 Å². The number of nitrogens with one attached hydrogen (secondary N) is 1. The van der Waals surface area contributed by atoms with E-state index in [2.05, 4.69) is 43.3 Å². The Hall–Kier alpha value is -3.29. The van der Waals surface area contributed by atoms with Crippen molar-refractivity contribution in [2.45, 2.75) is 59.4 Å². The summed E-state index contributed by atoms with van der Waals surface area (Å²) >= 11 is 0. The third-order valence-electron chi connectivity index (χ3n) is 6.09. The van der Waals surface area contributed by atoms with Crippen LogP contribution in [0.15, 0.2) is 34.9 Å². The summed E-state index contributed by atoms with van der Waals surface area (Å²) in [5.74, 6) is 1.04. The minimum Gasteiger partial charge on any atom is -0.383 e. The molecular weight excluding hydrogens is 416 g/mol. The van der Waals surface area contributed by atoms with Gasteiger partial charge in [0.25, 0.3) is 5.91 Å². The van der Waals surface area contributed by atoms with E-state index in [0.29, 0.717) is 28.9 Å². The summed E-state index contributed by atoms with van der Waals surface area (Å²) in [6.07, 6.45) is 4.01. The lowest BCUT2D eigenvalue weighted by molar-refractivity contribution is 0.100. The van der Waals surface area contributed by atoms with E-state index in [-0.39, 0.29) is 11.5 Å². The van der Waals surface area contributed by atoms with Gasteiger partial charge in [0.2, 0.25) is 5.88 Å². The van der Waals surface area contributed by atoms with Gasteiger partial charge in [0.1, 0.15) is 17.1 Å². The highest BCUT2D eigenvalue weighted by Crippen LogP contribution is 2.41. The van der Waals surface area contributed by atoms with Crippen molar-refractivity contribution in [3.05, 3.63) is 47.2 Å². The summed E-state index contributed by atoms with van der Waals surface area (Å²) in [6.45, 7) is 9.34. The first kappa shape index (κ1) is 22.9. The molecule has 1 aliphatic carbocycles. The fourth-order valence-corrected chi connectivity index (χ4v) is 4.16. The van der Waals surface area contributed by atoms with Crippen molar-refractivity contribution in [3.8, 4) is 11.3 Å². The third-order valence-corrected chi connectivity index (χ3v) is 6.09. The smallest absolute Gasteiger partial charge is 0.254 e. The first-order chi connectivity index (χ1) is 15.6. The molecule has 0 saturated heterocycles.